The lowest BCUT2D eigenvalue weighted by Crippen LogP contribution is -2.22. The molecule has 1 rings (SSSR count). The van der Waals surface area contributed by atoms with Crippen LogP contribution in [0.25, 0.3) is 5.57 Å². The maximum atomic E-state index is 5.80. The highest BCUT2D eigenvalue weighted by Gasteiger charge is 2.11. The van der Waals surface area contributed by atoms with Crippen LogP contribution in [0.3, 0.4) is 0 Å². The van der Waals surface area contributed by atoms with Gasteiger partial charge >= 0.3 is 0 Å². The van der Waals surface area contributed by atoms with E-state index in [1.165, 1.54) is 11.1 Å². The van der Waals surface area contributed by atoms with Gasteiger partial charge in [-0.05, 0) is 70.4 Å². The second-order valence-electron chi connectivity index (χ2n) is 5.56. The molecule has 0 saturated carbocycles. The smallest absolute Gasteiger partial charge is 0.120 e. The van der Waals surface area contributed by atoms with Crippen molar-refractivity contribution in [2.24, 2.45) is 5.73 Å². The summed E-state index contributed by atoms with van der Waals surface area (Å²) in [7, 11) is 0. The van der Waals surface area contributed by atoms with E-state index in [9.17, 15) is 0 Å². The molecule has 0 spiro atoms. The molecule has 0 bridgehead atoms. The first-order valence-corrected chi connectivity index (χ1v) is 6.58. The third kappa shape index (κ3) is 5.37. The van der Waals surface area contributed by atoms with Gasteiger partial charge in [-0.1, -0.05) is 18.2 Å². The molecule has 0 fully saturated rings. The Labute approximate surface area is 111 Å². The number of nitrogens with two attached hydrogens (primary N) is 1. The predicted molar refractivity (Wildman–Crippen MR) is 78.8 cm³/mol. The summed E-state index contributed by atoms with van der Waals surface area (Å²) >= 11 is 0. The number of unbranched alkanes of at least 4 members (excludes halogenated alkanes) is 1. The summed E-state index contributed by atoms with van der Waals surface area (Å²) in [6, 6.07) is 8.27. The Kier molecular flexibility index (Phi) is 5.42. The Morgan fingerprint density at radius 2 is 1.83 bits per heavy atom. The zero-order valence-corrected chi connectivity index (χ0v) is 12.0. The third-order valence-electron chi connectivity index (χ3n) is 2.59. The first-order valence-electron chi connectivity index (χ1n) is 6.58. The molecule has 100 valence electrons. The van der Waals surface area contributed by atoms with Crippen LogP contribution in [-0.4, -0.2) is 12.1 Å². The molecule has 1 aromatic rings. The van der Waals surface area contributed by atoms with Gasteiger partial charge in [-0.15, -0.1) is 0 Å². The zero-order chi connectivity index (χ0) is 13.6. The van der Waals surface area contributed by atoms with Gasteiger partial charge in [0.25, 0.3) is 0 Å². The first kappa shape index (κ1) is 14.8. The van der Waals surface area contributed by atoms with Gasteiger partial charge in [-0.3, -0.25) is 0 Å². The Morgan fingerprint density at radius 3 is 2.33 bits per heavy atom. The molecule has 2 nitrogen and oxygen atoms in total. The number of hydrogen-bond acceptors (Lipinski definition) is 2. The highest BCUT2D eigenvalue weighted by molar-refractivity contribution is 5.64. The van der Waals surface area contributed by atoms with Gasteiger partial charge < -0.3 is 10.5 Å². The van der Waals surface area contributed by atoms with E-state index in [1.807, 2.05) is 12.1 Å². The van der Waals surface area contributed by atoms with E-state index >= 15 is 0 Å². The van der Waals surface area contributed by atoms with Crippen molar-refractivity contribution >= 4 is 5.57 Å². The quantitative estimate of drug-likeness (QED) is 0.798. The third-order valence-corrected chi connectivity index (χ3v) is 2.59. The summed E-state index contributed by atoms with van der Waals surface area (Å²) in [4.78, 5) is 0. The van der Waals surface area contributed by atoms with Crippen LogP contribution >= 0.6 is 0 Å². The van der Waals surface area contributed by atoms with Gasteiger partial charge in [0.05, 0.1) is 0 Å². The second kappa shape index (κ2) is 6.60. The zero-order valence-electron chi connectivity index (χ0n) is 12.0. The second-order valence-corrected chi connectivity index (χ2v) is 5.56. The lowest BCUT2D eigenvalue weighted by molar-refractivity contribution is 0.131. The highest BCUT2D eigenvalue weighted by Crippen LogP contribution is 2.22. The largest absolute Gasteiger partial charge is 0.488 e. The number of benzene rings is 1. The van der Waals surface area contributed by atoms with Gasteiger partial charge in [0.1, 0.15) is 11.4 Å². The van der Waals surface area contributed by atoms with E-state index in [2.05, 4.69) is 45.9 Å². The fraction of sp³-hybridized carbons (Fsp3) is 0.500. The maximum Gasteiger partial charge on any atom is 0.120 e. The van der Waals surface area contributed by atoms with Crippen LogP contribution in [0.4, 0.5) is 0 Å². The van der Waals surface area contributed by atoms with Crippen molar-refractivity contribution in [3.63, 3.8) is 0 Å². The Morgan fingerprint density at radius 1 is 1.22 bits per heavy atom. The molecule has 2 N–H and O–H groups in total. The molecular weight excluding hydrogens is 222 g/mol. The molecule has 2 heteroatoms. The van der Waals surface area contributed by atoms with Crippen LogP contribution in [0, 0.1) is 0 Å². The van der Waals surface area contributed by atoms with Crippen LogP contribution < -0.4 is 10.5 Å². The molecule has 0 saturated heterocycles. The Hall–Kier alpha value is -1.28. The van der Waals surface area contributed by atoms with Crippen LogP contribution in [-0.2, 0) is 0 Å². The van der Waals surface area contributed by atoms with E-state index < -0.39 is 0 Å². The summed E-state index contributed by atoms with van der Waals surface area (Å²) in [5, 5.41) is 0. The maximum absolute atomic E-state index is 5.80. The summed E-state index contributed by atoms with van der Waals surface area (Å²) in [6.45, 7) is 9.05. The van der Waals surface area contributed by atoms with E-state index in [0.29, 0.717) is 0 Å². The van der Waals surface area contributed by atoms with Crippen LogP contribution in [0.15, 0.2) is 30.3 Å². The van der Waals surface area contributed by atoms with Crippen LogP contribution in [0.1, 0.15) is 46.1 Å². The fourth-order valence-electron chi connectivity index (χ4n) is 1.69. The average molecular weight is 247 g/mol. The highest BCUT2D eigenvalue weighted by atomic mass is 16.5. The van der Waals surface area contributed by atoms with Crippen molar-refractivity contribution in [2.45, 2.75) is 46.1 Å². The van der Waals surface area contributed by atoms with Crippen molar-refractivity contribution < 1.29 is 4.74 Å². The minimum atomic E-state index is -0.145. The SMILES string of the molecule is C/C(=C\CCCN)c1ccc(OC(C)(C)C)cc1. The first-order chi connectivity index (χ1) is 8.42. The number of hydrogen-bond donors (Lipinski definition) is 1. The lowest BCUT2D eigenvalue weighted by atomic mass is 10.1. The average Bonchev–Trinajstić information content (AvgIpc) is 2.28. The molecule has 0 heterocycles. The Balaban J connectivity index is 2.67. The number of allylic oxidation sites excluding steroid dienone is 2. The van der Waals surface area contributed by atoms with E-state index in [0.717, 1.165) is 25.1 Å². The molecule has 0 radical (unpaired) electrons. The van der Waals surface area contributed by atoms with Crippen LogP contribution in [0.2, 0.25) is 0 Å². The molecule has 18 heavy (non-hydrogen) atoms. The number of ether oxygens (including phenoxy) is 1. The molecular formula is C16H25NO. The van der Waals surface area contributed by atoms with E-state index in [4.69, 9.17) is 10.5 Å². The molecule has 0 aliphatic carbocycles. The molecule has 0 aromatic heterocycles. The monoisotopic (exact) mass is 247 g/mol. The molecule has 0 aliphatic heterocycles. The molecule has 0 aliphatic rings. The van der Waals surface area contributed by atoms with E-state index in [-0.39, 0.29) is 5.60 Å². The standard InChI is InChI=1S/C16H25NO/c1-13(7-5-6-12-17)14-8-10-15(11-9-14)18-16(2,3)4/h7-11H,5-6,12,17H2,1-4H3/b13-7+. The summed E-state index contributed by atoms with van der Waals surface area (Å²) in [5.74, 6) is 0.918. The molecule has 0 amide bonds. The number of rotatable bonds is 5. The topological polar surface area (TPSA) is 35.2 Å². The van der Waals surface area contributed by atoms with Gasteiger partial charge in [0, 0.05) is 0 Å². The molecule has 1 aromatic carbocycles. The summed E-state index contributed by atoms with van der Waals surface area (Å²) in [5.41, 5.74) is 7.88. The van der Waals surface area contributed by atoms with Crippen molar-refractivity contribution in [3.8, 4) is 5.75 Å². The van der Waals surface area contributed by atoms with Crippen molar-refractivity contribution in [1.82, 2.24) is 0 Å². The van der Waals surface area contributed by atoms with Gasteiger partial charge in [0.15, 0.2) is 0 Å². The summed E-state index contributed by atoms with van der Waals surface area (Å²) < 4.78 is 5.80. The minimum absolute atomic E-state index is 0.145. The molecule has 0 atom stereocenters. The minimum Gasteiger partial charge on any atom is -0.488 e. The van der Waals surface area contributed by atoms with Gasteiger partial charge in [0.2, 0.25) is 0 Å². The fourth-order valence-corrected chi connectivity index (χ4v) is 1.69. The molecule has 0 unspecified atom stereocenters. The predicted octanol–water partition coefficient (Wildman–Crippen LogP) is 4.01. The normalized spacial score (nSPS) is 12.6. The lowest BCUT2D eigenvalue weighted by Gasteiger charge is -2.21. The van der Waals surface area contributed by atoms with Crippen molar-refractivity contribution in [2.75, 3.05) is 6.54 Å². The van der Waals surface area contributed by atoms with Crippen LogP contribution in [0.5, 0.6) is 5.75 Å². The van der Waals surface area contributed by atoms with Crippen molar-refractivity contribution in [3.05, 3.63) is 35.9 Å². The van der Waals surface area contributed by atoms with E-state index in [1.54, 1.807) is 0 Å². The van der Waals surface area contributed by atoms with Gasteiger partial charge in [-0.25, -0.2) is 0 Å². The Bertz CT molecular complexity index is 385. The van der Waals surface area contributed by atoms with Gasteiger partial charge in [-0.2, -0.15) is 0 Å². The van der Waals surface area contributed by atoms with Crippen molar-refractivity contribution in [1.29, 1.82) is 0 Å². The summed E-state index contributed by atoms with van der Waals surface area (Å²) in [6.07, 6.45) is 4.33.